The average Bonchev–Trinajstić information content (AvgIpc) is 3.18. The van der Waals surface area contributed by atoms with Crippen LogP contribution in [0.15, 0.2) is 65.8 Å². The van der Waals surface area contributed by atoms with Crippen LogP contribution in [0.25, 0.3) is 17.0 Å². The summed E-state index contributed by atoms with van der Waals surface area (Å²) in [6, 6.07) is 14.1. The van der Waals surface area contributed by atoms with Crippen molar-refractivity contribution in [1.82, 2.24) is 18.6 Å². The first-order valence-electron chi connectivity index (χ1n) is 7.79. The molecular formula is C18H16N4O2S. The molecule has 0 saturated carbocycles. The van der Waals surface area contributed by atoms with Gasteiger partial charge in [-0.2, -0.15) is 17.6 Å². The second-order valence-corrected chi connectivity index (χ2v) is 7.62. The standard InChI is InChI=1S/C18H16N4O2S/c1-13-6-8-15(9-7-13)25(23,24)22-16(10-11-19-22)18-14(2)20-17-5-3-4-12-21(17)18/h3-12H,1-2H3. The quantitative estimate of drug-likeness (QED) is 0.568. The zero-order valence-corrected chi connectivity index (χ0v) is 14.6. The van der Waals surface area contributed by atoms with Gasteiger partial charge in [0, 0.05) is 6.20 Å². The average molecular weight is 352 g/mol. The highest BCUT2D eigenvalue weighted by atomic mass is 32.2. The number of pyridine rings is 1. The number of fused-ring (bicyclic) bond motifs is 1. The monoisotopic (exact) mass is 352 g/mol. The first-order chi connectivity index (χ1) is 12.0. The summed E-state index contributed by atoms with van der Waals surface area (Å²) in [6.45, 7) is 3.77. The third kappa shape index (κ3) is 2.44. The van der Waals surface area contributed by atoms with E-state index in [1.807, 2.05) is 42.6 Å². The molecule has 0 unspecified atom stereocenters. The van der Waals surface area contributed by atoms with Crippen molar-refractivity contribution in [2.45, 2.75) is 18.7 Å². The van der Waals surface area contributed by atoms with Gasteiger partial charge in [0.05, 0.1) is 22.5 Å². The normalized spacial score (nSPS) is 11.9. The number of nitrogens with zero attached hydrogens (tertiary/aromatic N) is 4. The number of aromatic nitrogens is 4. The van der Waals surface area contributed by atoms with E-state index in [1.165, 1.54) is 6.20 Å². The fourth-order valence-electron chi connectivity index (χ4n) is 2.88. The maximum absolute atomic E-state index is 13.0. The molecule has 0 aliphatic heterocycles. The lowest BCUT2D eigenvalue weighted by Crippen LogP contribution is -2.16. The third-order valence-corrected chi connectivity index (χ3v) is 5.72. The predicted molar refractivity (Wildman–Crippen MR) is 94.9 cm³/mol. The van der Waals surface area contributed by atoms with Gasteiger partial charge in [0.15, 0.2) is 0 Å². The first-order valence-corrected chi connectivity index (χ1v) is 9.23. The van der Waals surface area contributed by atoms with Gasteiger partial charge in [-0.15, -0.1) is 0 Å². The Labute approximate surface area is 145 Å². The molecule has 3 heterocycles. The van der Waals surface area contributed by atoms with Gasteiger partial charge in [-0.3, -0.25) is 4.40 Å². The Balaban J connectivity index is 1.94. The van der Waals surface area contributed by atoms with Crippen molar-refractivity contribution in [3.63, 3.8) is 0 Å². The minimum Gasteiger partial charge on any atom is -0.298 e. The molecule has 3 aromatic heterocycles. The maximum atomic E-state index is 13.0. The second-order valence-electron chi connectivity index (χ2n) is 5.85. The molecule has 0 spiro atoms. The summed E-state index contributed by atoms with van der Waals surface area (Å²) in [5.74, 6) is 0. The predicted octanol–water partition coefficient (Wildman–Crippen LogP) is 3.05. The molecule has 7 heteroatoms. The van der Waals surface area contributed by atoms with E-state index >= 15 is 0 Å². The molecule has 0 atom stereocenters. The molecule has 6 nitrogen and oxygen atoms in total. The van der Waals surface area contributed by atoms with Crippen LogP contribution in [-0.2, 0) is 10.0 Å². The SMILES string of the molecule is Cc1ccc(S(=O)(=O)n2nccc2-c2c(C)nc3ccccn23)cc1. The van der Waals surface area contributed by atoms with Crippen LogP contribution in [0, 0.1) is 13.8 Å². The summed E-state index contributed by atoms with van der Waals surface area (Å²) in [5.41, 5.74) is 3.69. The van der Waals surface area contributed by atoms with E-state index in [0.29, 0.717) is 11.4 Å². The van der Waals surface area contributed by atoms with Crippen LogP contribution in [0.5, 0.6) is 0 Å². The Hall–Kier alpha value is -2.93. The van der Waals surface area contributed by atoms with Crippen molar-refractivity contribution in [2.75, 3.05) is 0 Å². The Morgan fingerprint density at radius 2 is 1.72 bits per heavy atom. The Bertz CT molecular complexity index is 1170. The number of hydrogen-bond acceptors (Lipinski definition) is 4. The number of imidazole rings is 1. The summed E-state index contributed by atoms with van der Waals surface area (Å²) in [6.07, 6.45) is 3.35. The van der Waals surface area contributed by atoms with E-state index in [9.17, 15) is 8.42 Å². The number of hydrogen-bond donors (Lipinski definition) is 0. The lowest BCUT2D eigenvalue weighted by atomic mass is 10.2. The van der Waals surface area contributed by atoms with Gasteiger partial charge in [0.1, 0.15) is 11.3 Å². The summed E-state index contributed by atoms with van der Waals surface area (Å²) in [5, 5.41) is 4.08. The molecule has 126 valence electrons. The van der Waals surface area contributed by atoms with Gasteiger partial charge in [-0.05, 0) is 44.2 Å². The highest BCUT2D eigenvalue weighted by molar-refractivity contribution is 7.90. The fraction of sp³-hybridized carbons (Fsp3) is 0.111. The van der Waals surface area contributed by atoms with E-state index in [4.69, 9.17) is 0 Å². The van der Waals surface area contributed by atoms with Gasteiger partial charge >= 0.3 is 0 Å². The molecule has 4 rings (SSSR count). The maximum Gasteiger partial charge on any atom is 0.283 e. The second kappa shape index (κ2) is 5.56. The molecule has 0 saturated heterocycles. The molecule has 4 aromatic rings. The molecule has 0 N–H and O–H groups in total. The number of aryl methyl sites for hydroxylation is 2. The minimum absolute atomic E-state index is 0.203. The molecule has 0 fully saturated rings. The van der Waals surface area contributed by atoms with Crippen molar-refractivity contribution >= 4 is 15.7 Å². The third-order valence-electron chi connectivity index (χ3n) is 4.10. The van der Waals surface area contributed by atoms with Crippen molar-refractivity contribution in [2.24, 2.45) is 0 Å². The van der Waals surface area contributed by atoms with E-state index in [0.717, 1.165) is 21.0 Å². The molecule has 25 heavy (non-hydrogen) atoms. The first kappa shape index (κ1) is 15.6. The lowest BCUT2D eigenvalue weighted by molar-refractivity contribution is 0.580. The molecule has 0 aliphatic rings. The zero-order valence-electron chi connectivity index (χ0n) is 13.8. The molecule has 0 bridgehead atoms. The highest BCUT2D eigenvalue weighted by Gasteiger charge is 2.24. The molecular weight excluding hydrogens is 336 g/mol. The van der Waals surface area contributed by atoms with Crippen LogP contribution >= 0.6 is 0 Å². The van der Waals surface area contributed by atoms with Crippen LogP contribution in [0.2, 0.25) is 0 Å². The topological polar surface area (TPSA) is 69.3 Å². The molecule has 0 radical (unpaired) electrons. The van der Waals surface area contributed by atoms with Gasteiger partial charge < -0.3 is 0 Å². The number of rotatable bonds is 3. The van der Waals surface area contributed by atoms with Crippen molar-refractivity contribution in [1.29, 1.82) is 0 Å². The van der Waals surface area contributed by atoms with Gasteiger partial charge in [-0.25, -0.2) is 4.98 Å². The summed E-state index contributed by atoms with van der Waals surface area (Å²) in [4.78, 5) is 4.71. The van der Waals surface area contributed by atoms with Crippen molar-refractivity contribution in [3.8, 4) is 11.4 Å². The van der Waals surface area contributed by atoms with Crippen LogP contribution < -0.4 is 0 Å². The largest absolute Gasteiger partial charge is 0.298 e. The van der Waals surface area contributed by atoms with E-state index in [-0.39, 0.29) is 4.90 Å². The molecule has 1 aromatic carbocycles. The minimum atomic E-state index is -3.79. The van der Waals surface area contributed by atoms with Crippen LogP contribution in [0.3, 0.4) is 0 Å². The Morgan fingerprint density at radius 1 is 0.960 bits per heavy atom. The summed E-state index contributed by atoms with van der Waals surface area (Å²) >= 11 is 0. The number of benzene rings is 1. The molecule has 0 aliphatic carbocycles. The van der Waals surface area contributed by atoms with E-state index in [1.54, 1.807) is 30.3 Å². The van der Waals surface area contributed by atoms with Gasteiger partial charge in [-0.1, -0.05) is 23.8 Å². The van der Waals surface area contributed by atoms with Crippen LogP contribution in [0.1, 0.15) is 11.3 Å². The van der Waals surface area contributed by atoms with E-state index in [2.05, 4.69) is 10.1 Å². The van der Waals surface area contributed by atoms with Crippen molar-refractivity contribution in [3.05, 3.63) is 72.2 Å². The Morgan fingerprint density at radius 3 is 2.48 bits per heavy atom. The Kier molecular flexibility index (Phi) is 3.47. The highest BCUT2D eigenvalue weighted by Crippen LogP contribution is 2.27. The van der Waals surface area contributed by atoms with Crippen molar-refractivity contribution < 1.29 is 8.42 Å². The van der Waals surface area contributed by atoms with Crippen LogP contribution in [0.4, 0.5) is 0 Å². The smallest absolute Gasteiger partial charge is 0.283 e. The fourth-order valence-corrected chi connectivity index (χ4v) is 4.15. The lowest BCUT2D eigenvalue weighted by Gasteiger charge is -2.10. The van der Waals surface area contributed by atoms with E-state index < -0.39 is 10.0 Å². The molecule has 0 amide bonds. The van der Waals surface area contributed by atoms with Gasteiger partial charge in [0.25, 0.3) is 10.0 Å². The van der Waals surface area contributed by atoms with Gasteiger partial charge in [0.2, 0.25) is 0 Å². The summed E-state index contributed by atoms with van der Waals surface area (Å²) in [7, 11) is -3.79. The van der Waals surface area contributed by atoms with Crippen LogP contribution in [-0.4, -0.2) is 27.0 Å². The summed E-state index contributed by atoms with van der Waals surface area (Å²) < 4.78 is 29.0. The zero-order chi connectivity index (χ0) is 17.6.